The second-order valence-electron chi connectivity index (χ2n) is 1.48. The molecule has 0 saturated heterocycles. The van der Waals surface area contributed by atoms with Crippen LogP contribution < -0.4 is 51.4 Å². The van der Waals surface area contributed by atoms with Crippen LogP contribution in [-0.4, -0.2) is 10.5 Å². The topological polar surface area (TPSA) is 18.5 Å². The van der Waals surface area contributed by atoms with Crippen LogP contribution in [0.4, 0.5) is 0 Å². The van der Waals surface area contributed by atoms with Gasteiger partial charge in [0, 0.05) is 0 Å². The van der Waals surface area contributed by atoms with Crippen molar-refractivity contribution in [3.8, 4) is 0 Å². The summed E-state index contributed by atoms with van der Waals surface area (Å²) in [5, 5.41) is 0. The second kappa shape index (κ2) is 7.81. The van der Waals surface area contributed by atoms with Gasteiger partial charge in [-0.15, -0.1) is 0 Å². The van der Waals surface area contributed by atoms with Crippen LogP contribution in [0.25, 0.3) is 0 Å². The number of thiocarbonyl (C=S) groups is 1. The van der Waals surface area contributed by atoms with Crippen molar-refractivity contribution >= 4 is 29.2 Å². The van der Waals surface area contributed by atoms with E-state index in [9.17, 15) is 0 Å². The number of hydrogen-bond acceptors (Lipinski definition) is 4. The van der Waals surface area contributed by atoms with Crippen LogP contribution in [0, 0.1) is 0 Å². The summed E-state index contributed by atoms with van der Waals surface area (Å²) in [6.45, 7) is 3.65. The molecule has 0 rings (SSSR count). The Hall–Kier alpha value is 1.71. The van der Waals surface area contributed by atoms with E-state index in [1.807, 2.05) is 13.8 Å². The van der Waals surface area contributed by atoms with E-state index >= 15 is 0 Å². The molecule has 0 spiro atoms. The summed E-state index contributed by atoms with van der Waals surface area (Å²) in [4.78, 5) is 8.91. The Bertz CT molecular complexity index is 86.6. The Morgan fingerprint density at radius 1 is 1.56 bits per heavy atom. The van der Waals surface area contributed by atoms with Crippen molar-refractivity contribution in [2.24, 2.45) is 0 Å². The molecule has 2 nitrogen and oxygen atoms in total. The van der Waals surface area contributed by atoms with Crippen molar-refractivity contribution in [2.45, 2.75) is 20.0 Å². The van der Waals surface area contributed by atoms with Gasteiger partial charge < -0.3 is 29.7 Å². The van der Waals surface area contributed by atoms with Gasteiger partial charge in [0.05, 0.1) is 10.5 Å². The molecule has 0 atom stereocenters. The number of rotatable bonds is 2. The standard InChI is InChI=1S/C4H8O2S2.K/c1-3(2)5-6-4(7)8;/h3H,1-2H3,(H,7,8);/q;+1/p-1. The van der Waals surface area contributed by atoms with Gasteiger partial charge in [-0.1, -0.05) is 0 Å². The van der Waals surface area contributed by atoms with Crippen molar-refractivity contribution in [3.63, 3.8) is 0 Å². The van der Waals surface area contributed by atoms with Crippen molar-refractivity contribution in [2.75, 3.05) is 0 Å². The first-order valence-electron chi connectivity index (χ1n) is 2.17. The van der Waals surface area contributed by atoms with Gasteiger partial charge in [-0.3, -0.25) is 0 Å². The van der Waals surface area contributed by atoms with Crippen LogP contribution in [0.5, 0.6) is 0 Å². The first kappa shape index (κ1) is 13.3. The largest absolute Gasteiger partial charge is 1.00 e. The number of hydrogen-bond donors (Lipinski definition) is 0. The third-order valence-corrected chi connectivity index (χ3v) is 0.445. The molecule has 0 aromatic heterocycles. The van der Waals surface area contributed by atoms with Crippen molar-refractivity contribution in [1.29, 1.82) is 0 Å². The van der Waals surface area contributed by atoms with Gasteiger partial charge in [-0.05, 0) is 13.8 Å². The average molecular weight is 190 g/mol. The Morgan fingerprint density at radius 3 is 2.11 bits per heavy atom. The Labute approximate surface area is 108 Å². The second-order valence-corrected chi connectivity index (χ2v) is 2.48. The van der Waals surface area contributed by atoms with E-state index in [1.165, 1.54) is 0 Å². The fourth-order valence-electron chi connectivity index (χ4n) is 0.136. The summed E-state index contributed by atoms with van der Waals surface area (Å²) < 4.78 is -0.00120. The molecule has 0 unspecified atom stereocenters. The zero-order valence-electron chi connectivity index (χ0n) is 5.71. The Kier molecular flexibility index (Phi) is 11.5. The summed E-state index contributed by atoms with van der Waals surface area (Å²) in [6.07, 6.45) is 0.0101. The predicted octanol–water partition coefficient (Wildman–Crippen LogP) is -1.82. The maximum atomic E-state index is 4.56. The quantitative estimate of drug-likeness (QED) is 0.168. The molecule has 0 aliphatic rings. The summed E-state index contributed by atoms with van der Waals surface area (Å²) in [5.74, 6) is 0. The van der Waals surface area contributed by atoms with E-state index in [0.717, 1.165) is 0 Å². The van der Waals surface area contributed by atoms with Gasteiger partial charge in [0.15, 0.2) is 0 Å². The van der Waals surface area contributed by atoms with Crippen LogP contribution in [0.15, 0.2) is 0 Å². The molecule has 0 aliphatic heterocycles. The van der Waals surface area contributed by atoms with E-state index in [1.54, 1.807) is 0 Å². The molecular weight excluding hydrogens is 183 g/mol. The van der Waals surface area contributed by atoms with E-state index in [4.69, 9.17) is 0 Å². The fourth-order valence-corrected chi connectivity index (χ4v) is 0.214. The van der Waals surface area contributed by atoms with Crippen LogP contribution in [0.1, 0.15) is 13.8 Å². The van der Waals surface area contributed by atoms with Gasteiger partial charge in [0.2, 0.25) is 0 Å². The summed E-state index contributed by atoms with van der Waals surface area (Å²) >= 11 is 8.76. The van der Waals surface area contributed by atoms with Crippen molar-refractivity contribution in [1.82, 2.24) is 0 Å². The van der Waals surface area contributed by atoms with E-state index < -0.39 is 0 Å². The van der Waals surface area contributed by atoms with Gasteiger partial charge in [-0.25, -0.2) is 0 Å². The molecule has 0 N–H and O–H groups in total. The molecule has 0 bridgehead atoms. The Balaban J connectivity index is 0. The molecule has 9 heavy (non-hydrogen) atoms. The zero-order chi connectivity index (χ0) is 6.57. The maximum Gasteiger partial charge on any atom is 1.00 e. The summed E-state index contributed by atoms with van der Waals surface area (Å²) in [6, 6.07) is 0. The van der Waals surface area contributed by atoms with E-state index in [2.05, 4.69) is 34.6 Å². The zero-order valence-corrected chi connectivity index (χ0v) is 10.5. The van der Waals surface area contributed by atoms with Crippen molar-refractivity contribution < 1.29 is 61.2 Å². The molecule has 48 valence electrons. The Morgan fingerprint density at radius 2 is 2.00 bits per heavy atom. The minimum Gasteiger partial charge on any atom is -0.387 e. The monoisotopic (exact) mass is 190 g/mol. The summed E-state index contributed by atoms with van der Waals surface area (Å²) in [7, 11) is 0. The molecule has 5 heteroatoms. The third kappa shape index (κ3) is 12.8. The maximum absolute atomic E-state index is 4.56. The normalized spacial score (nSPS) is 8.33. The molecule has 0 saturated carbocycles. The van der Waals surface area contributed by atoms with E-state index in [-0.39, 0.29) is 61.9 Å². The molecule has 0 radical (unpaired) electrons. The van der Waals surface area contributed by atoms with Crippen LogP contribution in [0.2, 0.25) is 0 Å². The molecule has 0 aliphatic carbocycles. The third-order valence-electron chi connectivity index (χ3n) is 0.309. The van der Waals surface area contributed by atoms with Crippen LogP contribution in [0.3, 0.4) is 0 Å². The van der Waals surface area contributed by atoms with Crippen LogP contribution >= 0.6 is 12.2 Å². The molecule has 0 fully saturated rings. The smallest absolute Gasteiger partial charge is 0.387 e. The van der Waals surface area contributed by atoms with Gasteiger partial charge in [0.25, 0.3) is 0 Å². The minimum absolute atomic E-state index is 0. The predicted molar refractivity (Wildman–Crippen MR) is 37.3 cm³/mol. The molecule has 0 aromatic carbocycles. The van der Waals surface area contributed by atoms with Gasteiger partial charge in [0.1, 0.15) is 0 Å². The molecule has 0 heterocycles. The molecule has 0 aromatic rings. The first-order valence-corrected chi connectivity index (χ1v) is 2.99. The first-order chi connectivity index (χ1) is 3.63. The fraction of sp³-hybridized carbons (Fsp3) is 0.750. The van der Waals surface area contributed by atoms with E-state index in [0.29, 0.717) is 0 Å². The SMILES string of the molecule is CC(C)OOC(=S)[S-].[K+]. The summed E-state index contributed by atoms with van der Waals surface area (Å²) in [5.41, 5.74) is 0. The van der Waals surface area contributed by atoms with Crippen LogP contribution in [-0.2, 0) is 22.4 Å². The average Bonchev–Trinajstić information content (AvgIpc) is 1.61. The minimum atomic E-state index is -0.00120. The van der Waals surface area contributed by atoms with Gasteiger partial charge >= 0.3 is 51.4 Å². The molecule has 0 amide bonds. The van der Waals surface area contributed by atoms with Crippen molar-refractivity contribution in [3.05, 3.63) is 0 Å². The molecular formula is C4H7KO2S2. The van der Waals surface area contributed by atoms with Gasteiger partial charge in [-0.2, -0.15) is 4.89 Å².